The highest BCUT2D eigenvalue weighted by atomic mass is 16.3. The Kier molecular flexibility index (Phi) is 3.02. The lowest BCUT2D eigenvalue weighted by Gasteiger charge is -2.07. The highest BCUT2D eigenvalue weighted by molar-refractivity contribution is 5.92. The summed E-state index contributed by atoms with van der Waals surface area (Å²) in [6, 6.07) is 17.6. The molecule has 0 aliphatic carbocycles. The van der Waals surface area contributed by atoms with Crippen LogP contribution in [0.4, 0.5) is 0 Å². The maximum Gasteiger partial charge on any atom is 0.287 e. The second kappa shape index (κ2) is 4.98. The number of hydrogen-bond donors (Lipinski definition) is 1. The summed E-state index contributed by atoms with van der Waals surface area (Å²) in [7, 11) is 0. The smallest absolute Gasteiger partial charge is 0.287 e. The van der Waals surface area contributed by atoms with Crippen LogP contribution in [-0.2, 0) is 6.54 Å². The van der Waals surface area contributed by atoms with Gasteiger partial charge in [-0.05, 0) is 28.5 Å². The summed E-state index contributed by atoms with van der Waals surface area (Å²) in [4.78, 5) is 11.8. The van der Waals surface area contributed by atoms with Crippen molar-refractivity contribution in [1.82, 2.24) is 5.32 Å². The van der Waals surface area contributed by atoms with Gasteiger partial charge in [0.2, 0.25) is 0 Å². The predicted octanol–water partition coefficient (Wildman–Crippen LogP) is 3.36. The Labute approximate surface area is 110 Å². The first-order valence-corrected chi connectivity index (χ1v) is 6.13. The second-order valence-electron chi connectivity index (χ2n) is 4.30. The van der Waals surface area contributed by atoms with Gasteiger partial charge < -0.3 is 9.73 Å². The molecule has 0 radical (unpaired) electrons. The van der Waals surface area contributed by atoms with Crippen molar-refractivity contribution in [2.24, 2.45) is 0 Å². The highest BCUT2D eigenvalue weighted by Gasteiger charge is 2.08. The third kappa shape index (κ3) is 2.36. The number of furan rings is 1. The Balaban J connectivity index is 1.81. The van der Waals surface area contributed by atoms with Crippen LogP contribution in [-0.4, -0.2) is 5.91 Å². The number of carbonyl (C=O) groups excluding carboxylic acids is 1. The molecule has 1 aromatic heterocycles. The summed E-state index contributed by atoms with van der Waals surface area (Å²) < 4.78 is 5.06. The summed E-state index contributed by atoms with van der Waals surface area (Å²) in [5, 5.41) is 5.19. The van der Waals surface area contributed by atoms with Crippen molar-refractivity contribution >= 4 is 16.7 Å². The van der Waals surface area contributed by atoms with Crippen LogP contribution < -0.4 is 5.32 Å². The third-order valence-corrected chi connectivity index (χ3v) is 3.06. The van der Waals surface area contributed by atoms with E-state index in [0.717, 1.165) is 10.9 Å². The van der Waals surface area contributed by atoms with E-state index in [1.807, 2.05) is 24.3 Å². The van der Waals surface area contributed by atoms with E-state index in [-0.39, 0.29) is 5.91 Å². The number of fused-ring (bicyclic) bond motifs is 1. The van der Waals surface area contributed by atoms with E-state index in [1.165, 1.54) is 11.6 Å². The number of benzene rings is 2. The van der Waals surface area contributed by atoms with Gasteiger partial charge in [0, 0.05) is 6.54 Å². The van der Waals surface area contributed by atoms with Crippen LogP contribution in [0.3, 0.4) is 0 Å². The lowest BCUT2D eigenvalue weighted by Crippen LogP contribution is -2.22. The van der Waals surface area contributed by atoms with Gasteiger partial charge >= 0.3 is 0 Å². The molecular weight excluding hydrogens is 238 g/mol. The number of carbonyl (C=O) groups is 1. The van der Waals surface area contributed by atoms with E-state index in [9.17, 15) is 4.79 Å². The van der Waals surface area contributed by atoms with Crippen molar-refractivity contribution in [2.75, 3.05) is 0 Å². The van der Waals surface area contributed by atoms with Gasteiger partial charge in [-0.2, -0.15) is 0 Å². The van der Waals surface area contributed by atoms with E-state index in [1.54, 1.807) is 12.1 Å². The van der Waals surface area contributed by atoms with E-state index in [0.29, 0.717) is 12.3 Å². The second-order valence-corrected chi connectivity index (χ2v) is 4.30. The maximum atomic E-state index is 11.8. The molecule has 0 fully saturated rings. The minimum absolute atomic E-state index is 0.196. The molecule has 0 aliphatic rings. The number of hydrogen-bond acceptors (Lipinski definition) is 2. The average molecular weight is 251 g/mol. The molecule has 0 spiro atoms. The first-order valence-electron chi connectivity index (χ1n) is 6.13. The molecule has 0 aliphatic heterocycles. The molecule has 0 unspecified atom stereocenters. The van der Waals surface area contributed by atoms with Crippen molar-refractivity contribution < 1.29 is 9.21 Å². The van der Waals surface area contributed by atoms with Crippen LogP contribution in [0.2, 0.25) is 0 Å². The van der Waals surface area contributed by atoms with Crippen molar-refractivity contribution in [3.63, 3.8) is 0 Å². The van der Waals surface area contributed by atoms with Crippen LogP contribution >= 0.6 is 0 Å². The van der Waals surface area contributed by atoms with Gasteiger partial charge in [-0.3, -0.25) is 4.79 Å². The molecule has 3 nitrogen and oxygen atoms in total. The van der Waals surface area contributed by atoms with Gasteiger partial charge in [0.15, 0.2) is 5.76 Å². The van der Waals surface area contributed by atoms with Crippen molar-refractivity contribution in [3.8, 4) is 0 Å². The summed E-state index contributed by atoms with van der Waals surface area (Å²) in [5.41, 5.74) is 1.10. The van der Waals surface area contributed by atoms with E-state index in [4.69, 9.17) is 4.42 Å². The van der Waals surface area contributed by atoms with Gasteiger partial charge in [-0.25, -0.2) is 0 Å². The van der Waals surface area contributed by atoms with Gasteiger partial charge in [0.05, 0.1) is 6.26 Å². The molecule has 1 amide bonds. The van der Waals surface area contributed by atoms with Crippen LogP contribution in [0.25, 0.3) is 10.8 Å². The molecule has 2 aromatic carbocycles. The zero-order chi connectivity index (χ0) is 13.1. The fraction of sp³-hybridized carbons (Fsp3) is 0.0625. The Morgan fingerprint density at radius 1 is 1.00 bits per heavy atom. The Bertz CT molecular complexity index is 696. The average Bonchev–Trinajstić information content (AvgIpc) is 2.99. The van der Waals surface area contributed by atoms with Crippen molar-refractivity contribution in [2.45, 2.75) is 6.54 Å². The number of nitrogens with one attached hydrogen (secondary N) is 1. The Hall–Kier alpha value is -2.55. The minimum Gasteiger partial charge on any atom is -0.459 e. The molecule has 0 atom stereocenters. The maximum absolute atomic E-state index is 11.8. The lowest BCUT2D eigenvalue weighted by molar-refractivity contribution is 0.0923. The fourth-order valence-electron chi connectivity index (χ4n) is 2.12. The first kappa shape index (κ1) is 11.5. The van der Waals surface area contributed by atoms with Gasteiger partial charge in [-0.1, -0.05) is 42.5 Å². The number of amides is 1. The molecule has 3 aromatic rings. The molecule has 19 heavy (non-hydrogen) atoms. The summed E-state index contributed by atoms with van der Waals surface area (Å²) >= 11 is 0. The molecule has 3 rings (SSSR count). The van der Waals surface area contributed by atoms with Crippen molar-refractivity contribution in [1.29, 1.82) is 0 Å². The van der Waals surface area contributed by atoms with Gasteiger partial charge in [-0.15, -0.1) is 0 Å². The Morgan fingerprint density at radius 3 is 2.68 bits per heavy atom. The summed E-state index contributed by atoms with van der Waals surface area (Å²) in [6.45, 7) is 0.487. The zero-order valence-corrected chi connectivity index (χ0v) is 10.3. The first-order chi connectivity index (χ1) is 9.34. The van der Waals surface area contributed by atoms with Gasteiger partial charge in [0.1, 0.15) is 0 Å². The van der Waals surface area contributed by atoms with E-state index >= 15 is 0 Å². The third-order valence-electron chi connectivity index (χ3n) is 3.06. The van der Waals surface area contributed by atoms with Gasteiger partial charge in [0.25, 0.3) is 5.91 Å². The van der Waals surface area contributed by atoms with Crippen LogP contribution in [0.5, 0.6) is 0 Å². The van der Waals surface area contributed by atoms with E-state index in [2.05, 4.69) is 23.5 Å². The van der Waals surface area contributed by atoms with E-state index < -0.39 is 0 Å². The van der Waals surface area contributed by atoms with Crippen molar-refractivity contribution in [3.05, 3.63) is 72.2 Å². The van der Waals surface area contributed by atoms with Crippen LogP contribution in [0.1, 0.15) is 16.1 Å². The summed E-state index contributed by atoms with van der Waals surface area (Å²) in [5.74, 6) is 0.137. The normalized spacial score (nSPS) is 10.5. The molecule has 0 bridgehead atoms. The monoisotopic (exact) mass is 251 g/mol. The standard InChI is InChI=1S/C16H13NO2/c18-16(15-9-4-10-19-15)17-11-13-7-3-6-12-5-1-2-8-14(12)13/h1-10H,11H2,(H,17,18). The van der Waals surface area contributed by atoms with Crippen LogP contribution in [0.15, 0.2) is 65.3 Å². The molecule has 0 saturated carbocycles. The fourth-order valence-corrected chi connectivity index (χ4v) is 2.12. The molecule has 0 saturated heterocycles. The molecule has 1 N–H and O–H groups in total. The SMILES string of the molecule is O=C(NCc1cccc2ccccc12)c1ccco1. The largest absolute Gasteiger partial charge is 0.459 e. The highest BCUT2D eigenvalue weighted by Crippen LogP contribution is 2.18. The molecule has 94 valence electrons. The lowest BCUT2D eigenvalue weighted by atomic mass is 10.0. The zero-order valence-electron chi connectivity index (χ0n) is 10.3. The quantitative estimate of drug-likeness (QED) is 0.775. The number of rotatable bonds is 3. The minimum atomic E-state index is -0.196. The van der Waals surface area contributed by atoms with Crippen LogP contribution in [0, 0.1) is 0 Å². The molecule has 1 heterocycles. The molecule has 3 heteroatoms. The summed E-state index contributed by atoms with van der Waals surface area (Å²) in [6.07, 6.45) is 1.49. The predicted molar refractivity (Wildman–Crippen MR) is 73.8 cm³/mol. The topological polar surface area (TPSA) is 42.2 Å². The Morgan fingerprint density at radius 2 is 1.84 bits per heavy atom. The molecular formula is C16H13NO2.